The predicted octanol–water partition coefficient (Wildman–Crippen LogP) is 1.38. The third-order valence-corrected chi connectivity index (χ3v) is 2.44. The molecule has 0 unspecified atom stereocenters. The minimum atomic E-state index is -1.24. The van der Waals surface area contributed by atoms with Crippen LogP contribution >= 0.6 is 0 Å². The number of aromatic nitrogens is 1. The average molecular weight is 221 g/mol. The maximum absolute atomic E-state index is 13.0. The van der Waals surface area contributed by atoms with Gasteiger partial charge in [-0.25, -0.2) is 9.18 Å². The van der Waals surface area contributed by atoms with Crippen molar-refractivity contribution >= 4 is 16.9 Å². The summed E-state index contributed by atoms with van der Waals surface area (Å²) in [6.07, 6.45) is 0. The fraction of sp³-hybridized carbons (Fsp3) is 0.0909. The molecule has 82 valence electrons. The van der Waals surface area contributed by atoms with Gasteiger partial charge in [-0.05, 0) is 18.2 Å². The van der Waals surface area contributed by atoms with E-state index in [1.807, 2.05) is 0 Å². The van der Waals surface area contributed by atoms with Gasteiger partial charge in [-0.3, -0.25) is 4.79 Å². The Morgan fingerprint density at radius 2 is 2.06 bits per heavy atom. The Morgan fingerprint density at radius 1 is 1.38 bits per heavy atom. The van der Waals surface area contributed by atoms with Crippen LogP contribution < -0.4 is 5.56 Å². The van der Waals surface area contributed by atoms with Crippen molar-refractivity contribution in [1.82, 2.24) is 4.57 Å². The molecule has 2 rings (SSSR count). The summed E-state index contributed by atoms with van der Waals surface area (Å²) in [6.45, 7) is 0. The van der Waals surface area contributed by atoms with Crippen molar-refractivity contribution in [3.05, 3.63) is 46.0 Å². The van der Waals surface area contributed by atoms with Crippen molar-refractivity contribution in [2.75, 3.05) is 0 Å². The molecule has 0 fully saturated rings. The van der Waals surface area contributed by atoms with E-state index in [0.29, 0.717) is 5.52 Å². The number of carboxylic acids is 1. The molecule has 1 N–H and O–H groups in total. The van der Waals surface area contributed by atoms with E-state index < -0.39 is 17.3 Å². The number of aromatic carboxylic acids is 1. The maximum atomic E-state index is 13.0. The molecule has 4 nitrogen and oxygen atoms in total. The van der Waals surface area contributed by atoms with Gasteiger partial charge in [0.25, 0.3) is 5.56 Å². The van der Waals surface area contributed by atoms with Gasteiger partial charge in [-0.15, -0.1) is 0 Å². The average Bonchev–Trinajstić information content (AvgIpc) is 2.22. The summed E-state index contributed by atoms with van der Waals surface area (Å²) in [4.78, 5) is 22.4. The van der Waals surface area contributed by atoms with Crippen LogP contribution in [0.4, 0.5) is 4.39 Å². The molecule has 2 aromatic rings. The first-order valence-electron chi connectivity index (χ1n) is 4.53. The highest BCUT2D eigenvalue weighted by Gasteiger charge is 2.12. The van der Waals surface area contributed by atoms with Gasteiger partial charge in [-0.2, -0.15) is 0 Å². The number of carbonyl (C=O) groups is 1. The molecule has 0 aliphatic heterocycles. The van der Waals surface area contributed by atoms with E-state index in [-0.39, 0.29) is 10.9 Å². The molecule has 0 spiro atoms. The number of rotatable bonds is 1. The molecule has 0 bridgehead atoms. The quantitative estimate of drug-likeness (QED) is 0.791. The van der Waals surface area contributed by atoms with E-state index >= 15 is 0 Å². The van der Waals surface area contributed by atoms with Crippen molar-refractivity contribution in [3.63, 3.8) is 0 Å². The molecule has 1 heterocycles. The van der Waals surface area contributed by atoms with Crippen LogP contribution in [0.25, 0.3) is 10.9 Å². The molecule has 5 heteroatoms. The van der Waals surface area contributed by atoms with Crippen LogP contribution in [-0.4, -0.2) is 15.6 Å². The third kappa shape index (κ3) is 1.46. The van der Waals surface area contributed by atoms with Crippen LogP contribution in [0.5, 0.6) is 0 Å². The molecule has 0 amide bonds. The number of fused-ring (bicyclic) bond motifs is 1. The topological polar surface area (TPSA) is 59.3 Å². The van der Waals surface area contributed by atoms with Crippen molar-refractivity contribution in [2.24, 2.45) is 7.05 Å². The summed E-state index contributed by atoms with van der Waals surface area (Å²) in [5.74, 6) is -1.78. The lowest BCUT2D eigenvalue weighted by Crippen LogP contribution is -2.18. The van der Waals surface area contributed by atoms with Crippen LogP contribution in [0.1, 0.15) is 10.4 Å². The number of halogens is 1. The zero-order valence-corrected chi connectivity index (χ0v) is 8.40. The van der Waals surface area contributed by atoms with Gasteiger partial charge in [0.1, 0.15) is 5.82 Å². The number of benzene rings is 1. The third-order valence-electron chi connectivity index (χ3n) is 2.44. The van der Waals surface area contributed by atoms with E-state index in [4.69, 9.17) is 5.11 Å². The van der Waals surface area contributed by atoms with Crippen LogP contribution in [0.2, 0.25) is 0 Å². The highest BCUT2D eigenvalue weighted by Crippen LogP contribution is 2.17. The van der Waals surface area contributed by atoms with E-state index in [0.717, 1.165) is 12.1 Å². The second-order valence-electron chi connectivity index (χ2n) is 3.42. The van der Waals surface area contributed by atoms with Gasteiger partial charge >= 0.3 is 5.97 Å². The summed E-state index contributed by atoms with van der Waals surface area (Å²) < 4.78 is 14.3. The van der Waals surface area contributed by atoms with Gasteiger partial charge in [0.2, 0.25) is 0 Å². The molecule has 0 atom stereocenters. The standard InChI is InChI=1S/C11H8FNO3/c1-13-9-3-2-6(12)4-7(9)8(11(15)16)5-10(13)14/h2-5H,1H3,(H,15,16). The molecule has 0 radical (unpaired) electrons. The lowest BCUT2D eigenvalue weighted by Gasteiger charge is -2.07. The van der Waals surface area contributed by atoms with E-state index in [1.54, 1.807) is 0 Å². The van der Waals surface area contributed by atoms with Crippen molar-refractivity contribution < 1.29 is 14.3 Å². The number of carboxylic acid groups (broad SMARTS) is 1. The lowest BCUT2D eigenvalue weighted by atomic mass is 10.1. The van der Waals surface area contributed by atoms with E-state index in [1.165, 1.54) is 23.7 Å². The number of aryl methyl sites for hydroxylation is 1. The Bertz CT molecular complexity index is 645. The first-order chi connectivity index (χ1) is 7.50. The summed E-state index contributed by atoms with van der Waals surface area (Å²) in [5.41, 5.74) is -0.222. The minimum absolute atomic E-state index is 0.183. The van der Waals surface area contributed by atoms with Crippen molar-refractivity contribution in [3.8, 4) is 0 Å². The van der Waals surface area contributed by atoms with Gasteiger partial charge in [0, 0.05) is 18.5 Å². The zero-order chi connectivity index (χ0) is 11.9. The second kappa shape index (κ2) is 3.44. The molecule has 16 heavy (non-hydrogen) atoms. The molecule has 0 aliphatic rings. The van der Waals surface area contributed by atoms with Gasteiger partial charge in [0.15, 0.2) is 0 Å². The first kappa shape index (κ1) is 10.4. The Hall–Kier alpha value is -2.17. The summed E-state index contributed by atoms with van der Waals surface area (Å²) in [5, 5.41) is 9.14. The largest absolute Gasteiger partial charge is 0.478 e. The van der Waals surface area contributed by atoms with E-state index in [2.05, 4.69) is 0 Å². The molecule has 0 saturated heterocycles. The number of pyridine rings is 1. The van der Waals surface area contributed by atoms with Gasteiger partial charge in [-0.1, -0.05) is 0 Å². The number of hydrogen-bond donors (Lipinski definition) is 1. The van der Waals surface area contributed by atoms with Crippen LogP contribution in [0.15, 0.2) is 29.1 Å². The Balaban J connectivity index is 3.01. The summed E-state index contributed by atoms with van der Waals surface area (Å²) in [7, 11) is 1.51. The molecule has 1 aromatic heterocycles. The Kier molecular flexibility index (Phi) is 2.23. The Labute approximate surface area is 89.6 Å². The zero-order valence-electron chi connectivity index (χ0n) is 8.40. The fourth-order valence-electron chi connectivity index (χ4n) is 1.61. The van der Waals surface area contributed by atoms with Crippen LogP contribution in [0.3, 0.4) is 0 Å². The second-order valence-corrected chi connectivity index (χ2v) is 3.42. The maximum Gasteiger partial charge on any atom is 0.336 e. The normalized spacial score (nSPS) is 10.6. The monoisotopic (exact) mass is 221 g/mol. The molecule has 1 aromatic carbocycles. The highest BCUT2D eigenvalue weighted by molar-refractivity contribution is 6.02. The highest BCUT2D eigenvalue weighted by atomic mass is 19.1. The smallest absolute Gasteiger partial charge is 0.336 e. The molecular formula is C11H8FNO3. The predicted molar refractivity (Wildman–Crippen MR) is 56.1 cm³/mol. The number of hydrogen-bond acceptors (Lipinski definition) is 2. The Morgan fingerprint density at radius 3 is 2.69 bits per heavy atom. The van der Waals surface area contributed by atoms with Crippen molar-refractivity contribution in [2.45, 2.75) is 0 Å². The van der Waals surface area contributed by atoms with Crippen molar-refractivity contribution in [1.29, 1.82) is 0 Å². The number of nitrogens with zero attached hydrogens (tertiary/aromatic N) is 1. The minimum Gasteiger partial charge on any atom is -0.478 e. The lowest BCUT2D eigenvalue weighted by molar-refractivity contribution is 0.0699. The fourth-order valence-corrected chi connectivity index (χ4v) is 1.61. The van der Waals surface area contributed by atoms with Gasteiger partial charge in [0.05, 0.1) is 11.1 Å². The summed E-state index contributed by atoms with van der Waals surface area (Å²) in [6, 6.07) is 4.67. The van der Waals surface area contributed by atoms with Crippen LogP contribution in [-0.2, 0) is 7.05 Å². The molecular weight excluding hydrogens is 213 g/mol. The SMILES string of the molecule is Cn1c(=O)cc(C(=O)O)c2cc(F)ccc21. The van der Waals surface area contributed by atoms with E-state index in [9.17, 15) is 14.0 Å². The summed E-state index contributed by atoms with van der Waals surface area (Å²) >= 11 is 0. The molecule has 0 aliphatic carbocycles. The molecule has 0 saturated carbocycles. The van der Waals surface area contributed by atoms with Crippen LogP contribution in [0, 0.1) is 5.82 Å². The van der Waals surface area contributed by atoms with Gasteiger partial charge < -0.3 is 9.67 Å². The first-order valence-corrected chi connectivity index (χ1v) is 4.53.